The third-order valence-corrected chi connectivity index (χ3v) is 15.3. The van der Waals surface area contributed by atoms with Gasteiger partial charge in [0, 0.05) is 36.0 Å². The molecule has 2 aliphatic rings. The maximum atomic E-state index is 14.4. The van der Waals surface area contributed by atoms with Crippen molar-refractivity contribution in [2.75, 3.05) is 42.6 Å². The molecule has 0 saturated carbocycles. The maximum Gasteiger partial charge on any atom is 0.322 e. The molecule has 76 heavy (non-hydrogen) atoms. The molecule has 19 N–H and O–H groups in total. The molecule has 3 rings (SSSR count). The fraction of sp³-hybridized carbons (Fsp3) is 0.524. The van der Waals surface area contributed by atoms with Crippen LogP contribution in [0, 0.1) is 5.41 Å². The van der Waals surface area contributed by atoms with Gasteiger partial charge in [0.2, 0.25) is 59.1 Å². The Morgan fingerprint density at radius 2 is 1.17 bits per heavy atom. The molecular formula is C42H60N14O16S4. The van der Waals surface area contributed by atoms with Crippen LogP contribution in [0.15, 0.2) is 30.3 Å². The van der Waals surface area contributed by atoms with E-state index in [4.69, 9.17) is 16.9 Å². The number of hydrogen-bond acceptors (Lipinski definition) is 19. The molecule has 2 bridgehead atoms. The molecule has 1 aromatic carbocycles. The summed E-state index contributed by atoms with van der Waals surface area (Å²) < 4.78 is 0. The van der Waals surface area contributed by atoms with Gasteiger partial charge in [0.15, 0.2) is 5.96 Å². The van der Waals surface area contributed by atoms with Crippen LogP contribution in [-0.4, -0.2) is 195 Å². The molecule has 30 nitrogen and oxygen atoms in total. The second kappa shape index (κ2) is 32.4. The van der Waals surface area contributed by atoms with Crippen molar-refractivity contribution in [2.24, 2.45) is 11.5 Å². The van der Waals surface area contributed by atoms with E-state index in [1.54, 1.807) is 30.3 Å². The van der Waals surface area contributed by atoms with Crippen LogP contribution in [0.1, 0.15) is 38.2 Å². The second-order valence-electron chi connectivity index (χ2n) is 16.7. The predicted molar refractivity (Wildman–Crippen MR) is 276 cm³/mol. The Labute approximate surface area is 449 Å². The van der Waals surface area contributed by atoms with Gasteiger partial charge >= 0.3 is 17.9 Å². The van der Waals surface area contributed by atoms with E-state index >= 15 is 0 Å². The quantitative estimate of drug-likeness (QED) is 0.0336. The van der Waals surface area contributed by atoms with E-state index in [9.17, 15) is 77.6 Å². The first kappa shape index (κ1) is 63.3. The molecular weight excluding hydrogens is 1080 g/mol. The van der Waals surface area contributed by atoms with Crippen molar-refractivity contribution in [3.8, 4) is 0 Å². The Kier molecular flexibility index (Phi) is 27.0. The Morgan fingerprint density at radius 1 is 0.645 bits per heavy atom. The van der Waals surface area contributed by atoms with Crippen molar-refractivity contribution in [1.82, 2.24) is 58.5 Å². The summed E-state index contributed by atoms with van der Waals surface area (Å²) in [6.07, 6.45) is -2.49. The van der Waals surface area contributed by atoms with Crippen molar-refractivity contribution in [3.63, 3.8) is 0 Å². The first-order valence-corrected chi connectivity index (χ1v) is 27.9. The number of nitrogens with two attached hydrogens (primary N) is 2. The van der Waals surface area contributed by atoms with E-state index in [0.29, 0.717) is 5.56 Å². The van der Waals surface area contributed by atoms with E-state index in [-0.39, 0.29) is 37.3 Å². The van der Waals surface area contributed by atoms with Gasteiger partial charge in [-0.25, -0.2) is 0 Å². The highest BCUT2D eigenvalue weighted by Gasteiger charge is 2.36. The number of fused-ring (bicyclic) bond motifs is 5. The summed E-state index contributed by atoms with van der Waals surface area (Å²) in [6.45, 7) is -0.471. The van der Waals surface area contributed by atoms with Gasteiger partial charge in [0.25, 0.3) is 0 Å². The highest BCUT2D eigenvalue weighted by Crippen LogP contribution is 2.25. The molecule has 2 heterocycles. The average molecular weight is 1150 g/mol. The number of carbonyl (C=O) groups excluding carboxylic acids is 10. The lowest BCUT2D eigenvalue weighted by Gasteiger charge is -2.27. The Balaban J connectivity index is 2.24. The summed E-state index contributed by atoms with van der Waals surface area (Å²) in [5, 5.41) is 62.4. The number of benzene rings is 1. The van der Waals surface area contributed by atoms with Crippen molar-refractivity contribution < 1.29 is 77.6 Å². The molecule has 418 valence electrons. The van der Waals surface area contributed by atoms with Crippen molar-refractivity contribution in [1.29, 1.82) is 5.41 Å². The summed E-state index contributed by atoms with van der Waals surface area (Å²) in [7, 11) is 3.24. The highest BCUT2D eigenvalue weighted by atomic mass is 33.1. The summed E-state index contributed by atoms with van der Waals surface area (Å²) in [5.74, 6) is -17.3. The molecule has 10 amide bonds. The Hall–Kier alpha value is -7.04. The van der Waals surface area contributed by atoms with Crippen LogP contribution in [0.3, 0.4) is 0 Å². The number of carboxylic acids is 3. The predicted octanol–water partition coefficient (Wildman–Crippen LogP) is -6.23. The van der Waals surface area contributed by atoms with Crippen molar-refractivity contribution >= 4 is 126 Å². The third-order valence-electron chi connectivity index (χ3n) is 10.5. The minimum atomic E-state index is -1.96. The average Bonchev–Trinajstić information content (AvgIpc) is 3.35. The molecule has 9 unspecified atom stereocenters. The lowest BCUT2D eigenvalue weighted by Crippen LogP contribution is -2.60. The van der Waals surface area contributed by atoms with Gasteiger partial charge < -0.3 is 85.3 Å². The fourth-order valence-corrected chi connectivity index (χ4v) is 11.2. The number of carboxylic acid groups (broad SMARTS) is 3. The molecule has 0 spiro atoms. The first-order chi connectivity index (χ1) is 35.9. The van der Waals surface area contributed by atoms with Gasteiger partial charge in [-0.1, -0.05) is 73.5 Å². The van der Waals surface area contributed by atoms with Crippen LogP contribution in [0.5, 0.6) is 0 Å². The zero-order valence-electron chi connectivity index (χ0n) is 40.5. The molecule has 0 aromatic heterocycles. The molecule has 0 radical (unpaired) electrons. The van der Waals surface area contributed by atoms with Crippen LogP contribution < -0.4 is 70.0 Å². The zero-order valence-corrected chi connectivity index (χ0v) is 43.8. The molecule has 2 aliphatic heterocycles. The van der Waals surface area contributed by atoms with Gasteiger partial charge in [0.05, 0.1) is 25.4 Å². The maximum absolute atomic E-state index is 14.4. The van der Waals surface area contributed by atoms with Crippen molar-refractivity contribution in [3.05, 3.63) is 35.9 Å². The number of aliphatic carboxylic acids is 3. The van der Waals surface area contributed by atoms with E-state index in [1.807, 2.05) is 0 Å². The normalized spacial score (nSPS) is 24.6. The first-order valence-electron chi connectivity index (χ1n) is 22.9. The number of nitrogens with one attached hydrogen (secondary N) is 12. The summed E-state index contributed by atoms with van der Waals surface area (Å²) in [6, 6.07) is -6.44. The molecule has 34 heteroatoms. The Bertz CT molecular complexity index is 2320. The van der Waals surface area contributed by atoms with Gasteiger partial charge in [-0.3, -0.25) is 67.7 Å². The topological polar surface area (TPSA) is 491 Å². The minimum Gasteiger partial charge on any atom is -0.481 e. The van der Waals surface area contributed by atoms with E-state index in [0.717, 1.165) is 43.2 Å². The summed E-state index contributed by atoms with van der Waals surface area (Å²) in [5.41, 5.74) is 11.6. The van der Waals surface area contributed by atoms with Crippen molar-refractivity contribution in [2.45, 2.75) is 93.4 Å². The second-order valence-corrected chi connectivity index (χ2v) is 21.8. The molecule has 0 aliphatic carbocycles. The van der Waals surface area contributed by atoms with E-state index in [1.165, 1.54) is 6.92 Å². The van der Waals surface area contributed by atoms with Gasteiger partial charge in [-0.2, -0.15) is 0 Å². The molecule has 2 saturated heterocycles. The van der Waals surface area contributed by atoms with Crippen LogP contribution >= 0.6 is 43.2 Å². The largest absolute Gasteiger partial charge is 0.481 e. The van der Waals surface area contributed by atoms with Gasteiger partial charge in [-0.15, -0.1) is 0 Å². The molecule has 2 fully saturated rings. The van der Waals surface area contributed by atoms with Crippen LogP contribution in [0.25, 0.3) is 0 Å². The summed E-state index contributed by atoms with van der Waals surface area (Å²) >= 11 is 0. The molecule has 1 aromatic rings. The van der Waals surface area contributed by atoms with Crippen LogP contribution in [-0.2, 0) is 68.7 Å². The SMILES string of the molecule is CC(N)C(=O)NC1CSSCC(C(=O)NCC(=O)O)NC(=O)C(Cc2ccccc2)NC(=O)C2CSSCC(NC(=O)C(CC(=O)O)NC1=O)C(=O)NC(CCCNC(=N)N)C(=O)NCC(=O)NC(CC(=O)O)C(=O)N2. The third kappa shape index (κ3) is 23.2. The van der Waals surface area contributed by atoms with E-state index in [2.05, 4.69) is 58.5 Å². The standard InChI is InChI=1S/C42H60N14O16S4/c1-19(43)33(64)53-26-16-74-73-15-25(35(66)48-14-32(62)63)54-36(67)22(10-20-6-3-2-4-7-20)51-41(72)28-18-76-75-17-27(56-38(69)24(12-31(60)61)52-40(26)71)39(70)50-21(8-5-9-46-42(44)45)34(65)47-13-29(57)49-23(11-30(58)59)37(68)55-28/h2-4,6-7,19,21-28H,5,8-18,43H2,1H3,(H,47,65)(H,48,66)(H,49,57)(H,50,70)(H,51,72)(H,52,71)(H,53,64)(H,54,67)(H,55,68)(H,56,69)(H,58,59)(H,60,61)(H,62,63)(H4,44,45,46). The fourth-order valence-electron chi connectivity index (χ4n) is 6.58. The molecule has 9 atom stereocenters. The smallest absolute Gasteiger partial charge is 0.322 e. The number of carbonyl (C=O) groups is 13. The van der Waals surface area contributed by atoms with Crippen LogP contribution in [0.4, 0.5) is 0 Å². The highest BCUT2D eigenvalue weighted by molar-refractivity contribution is 8.77. The Morgan fingerprint density at radius 3 is 1.72 bits per heavy atom. The lowest BCUT2D eigenvalue weighted by atomic mass is 10.0. The number of guanidine groups is 1. The van der Waals surface area contributed by atoms with E-state index < -0.39 is 175 Å². The van der Waals surface area contributed by atoms with Gasteiger partial charge in [-0.05, 0) is 25.3 Å². The number of rotatable bonds is 15. The number of hydrogen-bond donors (Lipinski definition) is 17. The van der Waals surface area contributed by atoms with Crippen LogP contribution in [0.2, 0.25) is 0 Å². The van der Waals surface area contributed by atoms with Gasteiger partial charge in [0.1, 0.15) is 54.9 Å². The minimum absolute atomic E-state index is 0.0200. The number of amides is 10. The summed E-state index contributed by atoms with van der Waals surface area (Å²) in [4.78, 5) is 173. The lowest BCUT2D eigenvalue weighted by molar-refractivity contribution is -0.141. The monoisotopic (exact) mass is 1140 g/mol. The zero-order chi connectivity index (χ0) is 56.5.